The second kappa shape index (κ2) is 8.36. The second-order valence-electron chi connectivity index (χ2n) is 8.02. The SMILES string of the molecule is CC1CCc2c(sc3nc(-c4ccc(S(N)(=O)=O)cc4)cc(-c4ccccc4)c23)C1.Cl. The third kappa shape index (κ3) is 4.13. The van der Waals surface area contributed by atoms with Gasteiger partial charge in [-0.2, -0.15) is 0 Å². The molecular formula is C24H23ClN2O2S2. The molecule has 2 N–H and O–H groups in total. The van der Waals surface area contributed by atoms with E-state index in [9.17, 15) is 8.42 Å². The van der Waals surface area contributed by atoms with E-state index < -0.39 is 10.0 Å². The van der Waals surface area contributed by atoms with E-state index >= 15 is 0 Å². The van der Waals surface area contributed by atoms with Gasteiger partial charge in [-0.1, -0.05) is 49.4 Å². The van der Waals surface area contributed by atoms with Gasteiger partial charge >= 0.3 is 0 Å². The van der Waals surface area contributed by atoms with Crippen LogP contribution in [-0.2, 0) is 22.9 Å². The number of aryl methyl sites for hydroxylation is 1. The molecule has 0 saturated heterocycles. The van der Waals surface area contributed by atoms with Crippen LogP contribution in [-0.4, -0.2) is 13.4 Å². The maximum absolute atomic E-state index is 11.6. The molecule has 1 aliphatic rings. The maximum atomic E-state index is 11.6. The largest absolute Gasteiger partial charge is 0.238 e. The Hall–Kier alpha value is -2.25. The lowest BCUT2D eigenvalue weighted by Gasteiger charge is -2.18. The fraction of sp³-hybridized carbons (Fsp3) is 0.208. The number of nitrogens with two attached hydrogens (primary N) is 1. The monoisotopic (exact) mass is 470 g/mol. The first-order chi connectivity index (χ1) is 14.4. The van der Waals surface area contributed by atoms with Gasteiger partial charge in [0.05, 0.1) is 10.6 Å². The summed E-state index contributed by atoms with van der Waals surface area (Å²) in [7, 11) is -3.71. The smallest absolute Gasteiger partial charge is 0.237 e. The Morgan fingerprint density at radius 2 is 1.74 bits per heavy atom. The molecule has 160 valence electrons. The van der Waals surface area contributed by atoms with Crippen molar-refractivity contribution in [2.24, 2.45) is 11.1 Å². The minimum absolute atomic E-state index is 0. The van der Waals surface area contributed by atoms with Crippen LogP contribution in [0.3, 0.4) is 0 Å². The molecule has 0 fully saturated rings. The highest BCUT2D eigenvalue weighted by atomic mass is 35.5. The number of thiophene rings is 1. The normalized spacial score (nSPS) is 16.0. The number of pyridine rings is 1. The summed E-state index contributed by atoms with van der Waals surface area (Å²) in [4.78, 5) is 7.61. The summed E-state index contributed by atoms with van der Waals surface area (Å²) in [5, 5.41) is 6.52. The molecule has 5 rings (SSSR count). The Kier molecular flexibility index (Phi) is 5.92. The summed E-state index contributed by atoms with van der Waals surface area (Å²) in [5.41, 5.74) is 5.54. The number of benzene rings is 2. The van der Waals surface area contributed by atoms with Gasteiger partial charge in [0.1, 0.15) is 4.83 Å². The van der Waals surface area contributed by atoms with Crippen LogP contribution in [0.5, 0.6) is 0 Å². The van der Waals surface area contributed by atoms with Crippen LogP contribution < -0.4 is 5.14 Å². The molecule has 0 bridgehead atoms. The van der Waals surface area contributed by atoms with Crippen molar-refractivity contribution in [3.63, 3.8) is 0 Å². The third-order valence-corrected chi connectivity index (χ3v) is 7.91. The highest BCUT2D eigenvalue weighted by Crippen LogP contribution is 2.43. The fourth-order valence-electron chi connectivity index (χ4n) is 4.25. The number of sulfonamides is 1. The van der Waals surface area contributed by atoms with Crippen LogP contribution >= 0.6 is 23.7 Å². The van der Waals surface area contributed by atoms with Crippen LogP contribution in [0.4, 0.5) is 0 Å². The average Bonchev–Trinajstić information content (AvgIpc) is 3.10. The molecule has 1 atom stereocenters. The molecule has 0 saturated carbocycles. The topological polar surface area (TPSA) is 73.0 Å². The molecule has 0 amide bonds. The highest BCUT2D eigenvalue weighted by molar-refractivity contribution is 7.89. The zero-order valence-electron chi connectivity index (χ0n) is 17.0. The first-order valence-corrected chi connectivity index (χ1v) is 12.4. The molecule has 4 aromatic rings. The van der Waals surface area contributed by atoms with Gasteiger partial charge < -0.3 is 0 Å². The Labute approximate surface area is 192 Å². The van der Waals surface area contributed by atoms with Crippen LogP contribution in [0.15, 0.2) is 65.6 Å². The van der Waals surface area contributed by atoms with Crippen molar-refractivity contribution in [2.45, 2.75) is 31.1 Å². The van der Waals surface area contributed by atoms with Gasteiger partial charge in [-0.3, -0.25) is 0 Å². The van der Waals surface area contributed by atoms with Gasteiger partial charge in [0.15, 0.2) is 0 Å². The molecular weight excluding hydrogens is 448 g/mol. The molecule has 31 heavy (non-hydrogen) atoms. The zero-order chi connectivity index (χ0) is 20.9. The van der Waals surface area contributed by atoms with E-state index in [0.717, 1.165) is 28.9 Å². The van der Waals surface area contributed by atoms with Crippen LogP contribution in [0, 0.1) is 5.92 Å². The summed E-state index contributed by atoms with van der Waals surface area (Å²) in [6.07, 6.45) is 3.42. The number of halogens is 1. The molecule has 2 aromatic heterocycles. The standard InChI is InChI=1S/C24H22N2O2S2.ClH/c1-15-7-12-19-22(13-15)29-24-23(19)20(16-5-3-2-4-6-16)14-21(26-24)17-8-10-18(11-9-17)30(25,27)28;/h2-6,8-11,14-15H,7,12-13H2,1H3,(H2,25,27,28);1H. The average molecular weight is 471 g/mol. The first kappa shape index (κ1) is 22.0. The van der Waals surface area contributed by atoms with E-state index in [1.807, 2.05) is 6.07 Å². The van der Waals surface area contributed by atoms with E-state index in [1.54, 1.807) is 35.6 Å². The van der Waals surface area contributed by atoms with Crippen molar-refractivity contribution in [3.05, 3.63) is 71.1 Å². The molecule has 1 unspecified atom stereocenters. The van der Waals surface area contributed by atoms with Gasteiger partial charge in [0.25, 0.3) is 0 Å². The van der Waals surface area contributed by atoms with Crippen molar-refractivity contribution >= 4 is 44.0 Å². The fourth-order valence-corrected chi connectivity index (χ4v) is 6.18. The predicted octanol–water partition coefficient (Wildman–Crippen LogP) is 5.82. The first-order valence-electron chi connectivity index (χ1n) is 10.0. The molecule has 2 aromatic carbocycles. The molecule has 4 nitrogen and oxygen atoms in total. The molecule has 0 spiro atoms. The Balaban J connectivity index is 0.00000231. The molecule has 1 aliphatic carbocycles. The van der Waals surface area contributed by atoms with Crippen molar-refractivity contribution < 1.29 is 8.42 Å². The summed E-state index contributed by atoms with van der Waals surface area (Å²) >= 11 is 1.80. The Morgan fingerprint density at radius 1 is 1.03 bits per heavy atom. The van der Waals surface area contributed by atoms with E-state index in [2.05, 4.69) is 37.3 Å². The van der Waals surface area contributed by atoms with E-state index in [4.69, 9.17) is 10.1 Å². The summed E-state index contributed by atoms with van der Waals surface area (Å²) in [6.45, 7) is 2.32. The Morgan fingerprint density at radius 3 is 2.42 bits per heavy atom. The molecule has 2 heterocycles. The van der Waals surface area contributed by atoms with Crippen LogP contribution in [0.25, 0.3) is 32.6 Å². The summed E-state index contributed by atoms with van der Waals surface area (Å²) in [5.74, 6) is 0.705. The number of hydrogen-bond acceptors (Lipinski definition) is 4. The van der Waals surface area contributed by atoms with Crippen molar-refractivity contribution in [3.8, 4) is 22.4 Å². The van der Waals surface area contributed by atoms with E-state index in [1.165, 1.54) is 33.4 Å². The molecule has 0 aliphatic heterocycles. The van der Waals surface area contributed by atoms with E-state index in [0.29, 0.717) is 5.92 Å². The number of primary sulfonamides is 1. The molecule has 0 radical (unpaired) electrons. The third-order valence-electron chi connectivity index (χ3n) is 5.83. The minimum atomic E-state index is -3.71. The molecule has 7 heteroatoms. The van der Waals surface area contributed by atoms with Crippen LogP contribution in [0.2, 0.25) is 0 Å². The highest BCUT2D eigenvalue weighted by Gasteiger charge is 2.24. The summed E-state index contributed by atoms with van der Waals surface area (Å²) in [6, 6.07) is 19.2. The van der Waals surface area contributed by atoms with Crippen molar-refractivity contribution in [2.75, 3.05) is 0 Å². The van der Waals surface area contributed by atoms with Gasteiger partial charge in [-0.25, -0.2) is 18.5 Å². The van der Waals surface area contributed by atoms with Gasteiger partial charge in [0, 0.05) is 15.8 Å². The maximum Gasteiger partial charge on any atom is 0.238 e. The van der Waals surface area contributed by atoms with Gasteiger partial charge in [-0.15, -0.1) is 23.7 Å². The van der Waals surface area contributed by atoms with Gasteiger partial charge in [0.2, 0.25) is 10.0 Å². The second-order valence-corrected chi connectivity index (χ2v) is 10.7. The lowest BCUT2D eigenvalue weighted by Crippen LogP contribution is -2.11. The number of aromatic nitrogens is 1. The summed E-state index contributed by atoms with van der Waals surface area (Å²) < 4.78 is 23.2. The minimum Gasteiger partial charge on any atom is -0.237 e. The number of nitrogens with zero attached hydrogens (tertiary/aromatic N) is 1. The predicted molar refractivity (Wildman–Crippen MR) is 130 cm³/mol. The number of rotatable bonds is 3. The number of fused-ring (bicyclic) bond motifs is 3. The van der Waals surface area contributed by atoms with Crippen molar-refractivity contribution in [1.82, 2.24) is 4.98 Å². The Bertz CT molecular complexity index is 1350. The van der Waals surface area contributed by atoms with Crippen LogP contribution in [0.1, 0.15) is 23.8 Å². The zero-order valence-corrected chi connectivity index (χ0v) is 19.5. The lowest BCUT2D eigenvalue weighted by molar-refractivity contribution is 0.509. The van der Waals surface area contributed by atoms with Crippen molar-refractivity contribution in [1.29, 1.82) is 0 Å². The van der Waals surface area contributed by atoms with Gasteiger partial charge in [-0.05, 0) is 60.1 Å². The van der Waals surface area contributed by atoms with E-state index in [-0.39, 0.29) is 17.3 Å². The lowest BCUT2D eigenvalue weighted by atomic mass is 9.87. The number of hydrogen-bond donors (Lipinski definition) is 1. The quantitative estimate of drug-likeness (QED) is 0.409.